The van der Waals surface area contributed by atoms with Crippen LogP contribution in [0, 0.1) is 47.3 Å². The number of esters is 3. The van der Waals surface area contributed by atoms with Crippen molar-refractivity contribution in [2.45, 2.75) is 241 Å². The lowest BCUT2D eigenvalue weighted by atomic mass is 9.91. The van der Waals surface area contributed by atoms with E-state index in [2.05, 4.69) is 69.2 Å². The molecule has 0 aromatic heterocycles. The molecule has 10 nitrogen and oxygen atoms in total. The summed E-state index contributed by atoms with van der Waals surface area (Å²) in [6, 6.07) is 0. The maximum absolute atomic E-state index is 13.2. The van der Waals surface area contributed by atoms with Gasteiger partial charge in [-0.25, -0.2) is 0 Å². The van der Waals surface area contributed by atoms with Gasteiger partial charge in [0, 0.05) is 30.3 Å². The molecule has 1 aliphatic rings. The second-order valence-corrected chi connectivity index (χ2v) is 25.7. The zero-order chi connectivity index (χ0) is 52.3. The normalized spacial score (nSPS) is 17.0. The molecule has 420 valence electrons. The second-order valence-electron chi connectivity index (χ2n) is 22.9. The van der Waals surface area contributed by atoms with Crippen LogP contribution >= 0.6 is 21.6 Å². The van der Waals surface area contributed by atoms with Crippen LogP contribution in [0.3, 0.4) is 0 Å². The Kier molecular flexibility index (Phi) is 44.3. The van der Waals surface area contributed by atoms with Gasteiger partial charge in [0.15, 0.2) is 6.10 Å². The van der Waals surface area contributed by atoms with Crippen LogP contribution in [-0.4, -0.2) is 101 Å². The lowest BCUT2D eigenvalue weighted by Crippen LogP contribution is -2.31. The minimum Gasteiger partial charge on any atom is -0.463 e. The van der Waals surface area contributed by atoms with Crippen LogP contribution in [0.15, 0.2) is 0 Å². The monoisotopic (exact) mass is 1040 g/mol. The SMILES string of the molecule is CC(C)CCCC(C)CCCC(C)CCCC(C)CC(=O)OCC(COCCOCCOCCOCCOC(=O)CCCC[C@H]1CCSS1)OC(=O)CC(C)CCCC(C)CCCC(C)CCCC(C)C. The standard InChI is InChI=1S/C59H112O10S2/c1-47(2)19-13-21-49(5)23-15-25-51(7)27-17-29-53(9)43-58(61)68-46-55(69-59(62)44-54(10)30-18-28-52(8)26-16-24-50(6)22-14-20-48(3)4)45-66-39-38-64-35-34-63-36-37-65-40-41-67-57(60)32-12-11-31-56-33-42-70-71-56/h47-56H,11-46H2,1-10H3/t49?,50?,51?,52?,53?,54?,55?,56-/m0/s1. The fourth-order valence-electron chi connectivity index (χ4n) is 9.32. The summed E-state index contributed by atoms with van der Waals surface area (Å²) in [6.07, 6.45) is 27.3. The molecule has 1 aliphatic heterocycles. The molecule has 0 N–H and O–H groups in total. The predicted molar refractivity (Wildman–Crippen MR) is 299 cm³/mol. The Hall–Kier alpha value is -1.05. The molecule has 0 aromatic carbocycles. The molecule has 0 bridgehead atoms. The van der Waals surface area contributed by atoms with Gasteiger partial charge in [-0.05, 0) is 66.6 Å². The van der Waals surface area contributed by atoms with Gasteiger partial charge in [0.05, 0.1) is 52.9 Å². The van der Waals surface area contributed by atoms with Gasteiger partial charge in [0.2, 0.25) is 0 Å². The van der Waals surface area contributed by atoms with Crippen molar-refractivity contribution in [3.05, 3.63) is 0 Å². The molecule has 1 saturated heterocycles. The van der Waals surface area contributed by atoms with Gasteiger partial charge < -0.3 is 33.2 Å². The van der Waals surface area contributed by atoms with Gasteiger partial charge in [-0.3, -0.25) is 14.4 Å². The second kappa shape index (κ2) is 46.3. The Morgan fingerprint density at radius 1 is 0.423 bits per heavy atom. The minimum absolute atomic E-state index is 0.0230. The Labute approximate surface area is 445 Å². The van der Waals surface area contributed by atoms with E-state index in [0.717, 1.165) is 67.4 Å². The average Bonchev–Trinajstić information content (AvgIpc) is 3.83. The molecule has 0 aromatic rings. The van der Waals surface area contributed by atoms with Crippen molar-refractivity contribution in [2.75, 3.05) is 71.8 Å². The van der Waals surface area contributed by atoms with Crippen molar-refractivity contribution in [2.24, 2.45) is 47.3 Å². The summed E-state index contributed by atoms with van der Waals surface area (Å²) in [5.41, 5.74) is 0. The molecule has 0 saturated carbocycles. The van der Waals surface area contributed by atoms with Crippen molar-refractivity contribution < 1.29 is 47.5 Å². The van der Waals surface area contributed by atoms with E-state index in [9.17, 15) is 14.4 Å². The van der Waals surface area contributed by atoms with E-state index in [1.54, 1.807) is 0 Å². The van der Waals surface area contributed by atoms with Crippen LogP contribution < -0.4 is 0 Å². The summed E-state index contributed by atoms with van der Waals surface area (Å²) in [4.78, 5) is 38.2. The first kappa shape index (κ1) is 68.0. The van der Waals surface area contributed by atoms with Crippen LogP contribution in [0.25, 0.3) is 0 Å². The van der Waals surface area contributed by atoms with E-state index in [1.807, 2.05) is 21.6 Å². The van der Waals surface area contributed by atoms with E-state index in [4.69, 9.17) is 33.2 Å². The van der Waals surface area contributed by atoms with Crippen molar-refractivity contribution in [1.82, 2.24) is 0 Å². The molecule has 1 fully saturated rings. The number of carbonyl (C=O) groups excluding carboxylic acids is 3. The molecular formula is C59H112O10S2. The zero-order valence-corrected chi connectivity index (χ0v) is 49.3. The lowest BCUT2D eigenvalue weighted by Gasteiger charge is -2.20. The number of carbonyl (C=O) groups is 3. The van der Waals surface area contributed by atoms with Crippen molar-refractivity contribution in [3.63, 3.8) is 0 Å². The first-order chi connectivity index (χ1) is 34.1. The third kappa shape index (κ3) is 44.9. The van der Waals surface area contributed by atoms with Crippen molar-refractivity contribution in [1.29, 1.82) is 0 Å². The van der Waals surface area contributed by atoms with Gasteiger partial charge in [-0.2, -0.15) is 0 Å². The summed E-state index contributed by atoms with van der Waals surface area (Å²) in [6.45, 7) is 26.1. The van der Waals surface area contributed by atoms with Crippen LogP contribution in [0.2, 0.25) is 0 Å². The molecule has 71 heavy (non-hydrogen) atoms. The summed E-state index contributed by atoms with van der Waals surface area (Å²) < 4.78 is 39.6. The summed E-state index contributed by atoms with van der Waals surface area (Å²) >= 11 is 0. The van der Waals surface area contributed by atoms with E-state index in [0.29, 0.717) is 77.3 Å². The maximum Gasteiger partial charge on any atom is 0.306 e. The smallest absolute Gasteiger partial charge is 0.306 e. The number of hydrogen-bond acceptors (Lipinski definition) is 12. The third-order valence-electron chi connectivity index (χ3n) is 14.1. The number of rotatable bonds is 50. The lowest BCUT2D eigenvalue weighted by molar-refractivity contribution is -0.164. The summed E-state index contributed by atoms with van der Waals surface area (Å²) in [5.74, 6) is 5.63. The highest BCUT2D eigenvalue weighted by Gasteiger charge is 2.21. The van der Waals surface area contributed by atoms with Crippen LogP contribution in [-0.2, 0) is 47.5 Å². The van der Waals surface area contributed by atoms with Gasteiger partial charge in [-0.15, -0.1) is 0 Å². The van der Waals surface area contributed by atoms with E-state index >= 15 is 0 Å². The highest BCUT2D eigenvalue weighted by Crippen LogP contribution is 2.40. The molecule has 12 heteroatoms. The fourth-order valence-corrected chi connectivity index (χ4v) is 12.3. The highest BCUT2D eigenvalue weighted by molar-refractivity contribution is 8.77. The van der Waals surface area contributed by atoms with E-state index in [-0.39, 0.29) is 49.6 Å². The van der Waals surface area contributed by atoms with Crippen LogP contribution in [0.1, 0.15) is 230 Å². The minimum atomic E-state index is -0.683. The Bertz CT molecular complexity index is 1250. The molecular weight excluding hydrogens is 933 g/mol. The Balaban J connectivity index is 2.37. The zero-order valence-electron chi connectivity index (χ0n) is 47.6. The highest BCUT2D eigenvalue weighted by atomic mass is 33.1. The van der Waals surface area contributed by atoms with Gasteiger partial charge in [0.1, 0.15) is 13.2 Å². The van der Waals surface area contributed by atoms with Crippen molar-refractivity contribution >= 4 is 39.5 Å². The molecule has 7 unspecified atom stereocenters. The Morgan fingerprint density at radius 3 is 1.27 bits per heavy atom. The first-order valence-electron chi connectivity index (χ1n) is 29.2. The average molecular weight is 1050 g/mol. The molecule has 0 radical (unpaired) electrons. The summed E-state index contributed by atoms with van der Waals surface area (Å²) in [5, 5.41) is 0.748. The number of hydrogen-bond donors (Lipinski definition) is 0. The molecule has 1 rings (SSSR count). The number of ether oxygens (including phenoxy) is 7. The molecule has 0 aliphatic carbocycles. The van der Waals surface area contributed by atoms with E-state index < -0.39 is 6.10 Å². The van der Waals surface area contributed by atoms with E-state index in [1.165, 1.54) is 108 Å². The van der Waals surface area contributed by atoms with Gasteiger partial charge in [-0.1, -0.05) is 213 Å². The maximum atomic E-state index is 13.2. The quantitative estimate of drug-likeness (QED) is 0.0250. The van der Waals surface area contributed by atoms with Gasteiger partial charge in [0.25, 0.3) is 0 Å². The molecule has 0 spiro atoms. The molecule has 1 heterocycles. The molecule has 8 atom stereocenters. The predicted octanol–water partition coefficient (Wildman–Crippen LogP) is 15.7. The largest absolute Gasteiger partial charge is 0.463 e. The Morgan fingerprint density at radius 2 is 0.831 bits per heavy atom. The van der Waals surface area contributed by atoms with Crippen LogP contribution in [0.5, 0.6) is 0 Å². The topological polar surface area (TPSA) is 116 Å². The fraction of sp³-hybridized carbons (Fsp3) is 0.949. The first-order valence-corrected chi connectivity index (χ1v) is 31.6. The van der Waals surface area contributed by atoms with Gasteiger partial charge >= 0.3 is 17.9 Å². The van der Waals surface area contributed by atoms with Crippen LogP contribution in [0.4, 0.5) is 0 Å². The van der Waals surface area contributed by atoms with Crippen molar-refractivity contribution in [3.8, 4) is 0 Å². The third-order valence-corrected chi connectivity index (χ3v) is 17.1. The molecule has 0 amide bonds. The number of unbranched alkanes of at least 4 members (excludes halogenated alkanes) is 1. The summed E-state index contributed by atoms with van der Waals surface area (Å²) in [7, 11) is 3.94.